The summed E-state index contributed by atoms with van der Waals surface area (Å²) < 4.78 is 0. The third kappa shape index (κ3) is 3.69. The first-order chi connectivity index (χ1) is 7.54. The molecule has 0 aromatic rings. The molecule has 88 valence electrons. The van der Waals surface area contributed by atoms with Crippen LogP contribution in [0.4, 0.5) is 0 Å². The molecule has 0 saturated heterocycles. The summed E-state index contributed by atoms with van der Waals surface area (Å²) in [5.74, 6) is 0. The van der Waals surface area contributed by atoms with E-state index in [2.05, 4.69) is 71.6 Å². The van der Waals surface area contributed by atoms with E-state index in [4.69, 9.17) is 0 Å². The van der Waals surface area contributed by atoms with Gasteiger partial charge in [-0.05, 0) is 31.9 Å². The van der Waals surface area contributed by atoms with Gasteiger partial charge in [-0.3, -0.25) is 0 Å². The molecule has 0 atom stereocenters. The molecule has 0 nitrogen and oxygen atoms in total. The lowest BCUT2D eigenvalue weighted by Gasteiger charge is -2.28. The van der Waals surface area contributed by atoms with Crippen molar-refractivity contribution in [3.05, 3.63) is 60.3 Å². The summed E-state index contributed by atoms with van der Waals surface area (Å²) in [7, 11) is 0. The Morgan fingerprint density at radius 2 is 1.44 bits per heavy atom. The van der Waals surface area contributed by atoms with Crippen molar-refractivity contribution in [2.45, 2.75) is 34.6 Å². The van der Waals surface area contributed by atoms with Gasteiger partial charge in [0.1, 0.15) is 0 Å². The second kappa shape index (κ2) is 7.05. The summed E-state index contributed by atoms with van der Waals surface area (Å²) in [5, 5.41) is 0. The average molecular weight is 216 g/mol. The lowest BCUT2D eigenvalue weighted by molar-refractivity contribution is 0.564. The molecule has 0 aliphatic heterocycles. The molecule has 16 heavy (non-hydrogen) atoms. The maximum absolute atomic E-state index is 3.71. The number of hydrogen-bond acceptors (Lipinski definition) is 0. The van der Waals surface area contributed by atoms with Gasteiger partial charge in [-0.1, -0.05) is 63.0 Å². The van der Waals surface area contributed by atoms with E-state index in [1.807, 2.05) is 12.2 Å². The Bertz CT molecular complexity index is 333. The smallest absolute Gasteiger partial charge is 0.0139 e. The Balaban J connectivity index is 5.29. The standard InChI is InChI=1S/C16H24/c1-7-11-13-15(10-4)16(5,6)14(9-3)12-8-2/h7-13H,1H2,2-6H3/b12-8-,13-11-,14-9+,15-10+. The summed E-state index contributed by atoms with van der Waals surface area (Å²) in [6, 6.07) is 0. The number of rotatable bonds is 5. The van der Waals surface area contributed by atoms with E-state index in [0.29, 0.717) is 0 Å². The summed E-state index contributed by atoms with van der Waals surface area (Å²) in [6.07, 6.45) is 14.5. The van der Waals surface area contributed by atoms with Crippen molar-refractivity contribution in [1.82, 2.24) is 0 Å². The van der Waals surface area contributed by atoms with E-state index in [9.17, 15) is 0 Å². The topological polar surface area (TPSA) is 0 Å². The molecule has 0 aliphatic carbocycles. The molecule has 0 rings (SSSR count). The van der Waals surface area contributed by atoms with Crippen LogP contribution in [0.1, 0.15) is 34.6 Å². The van der Waals surface area contributed by atoms with E-state index in [1.54, 1.807) is 0 Å². The Labute approximate surface area is 101 Å². The first-order valence-electron chi connectivity index (χ1n) is 5.79. The highest BCUT2D eigenvalue weighted by Gasteiger charge is 2.23. The molecule has 0 heteroatoms. The van der Waals surface area contributed by atoms with E-state index in [0.717, 1.165) is 0 Å². The average Bonchev–Trinajstić information content (AvgIpc) is 2.26. The lowest BCUT2D eigenvalue weighted by atomic mass is 9.76. The lowest BCUT2D eigenvalue weighted by Crippen LogP contribution is -2.15. The van der Waals surface area contributed by atoms with Crippen LogP contribution in [0.25, 0.3) is 0 Å². The monoisotopic (exact) mass is 216 g/mol. The largest absolute Gasteiger partial charge is 0.0991 e. The Kier molecular flexibility index (Phi) is 6.48. The highest BCUT2D eigenvalue weighted by molar-refractivity contribution is 5.40. The maximum Gasteiger partial charge on any atom is 0.0139 e. The summed E-state index contributed by atoms with van der Waals surface area (Å²) in [6.45, 7) is 14.4. The molecule has 0 spiro atoms. The molecule has 0 fully saturated rings. The first-order valence-corrected chi connectivity index (χ1v) is 5.79. The number of hydrogen-bond donors (Lipinski definition) is 0. The third-order valence-corrected chi connectivity index (χ3v) is 2.82. The minimum absolute atomic E-state index is 0.0372. The second-order valence-electron chi connectivity index (χ2n) is 4.21. The van der Waals surface area contributed by atoms with Gasteiger partial charge in [0.25, 0.3) is 0 Å². The SMILES string of the molecule is C=C/C=C\C(=C/C)C(C)(C)C(/C=C\C)=C/C. The van der Waals surface area contributed by atoms with Crippen molar-refractivity contribution in [2.75, 3.05) is 0 Å². The van der Waals surface area contributed by atoms with Crippen molar-refractivity contribution < 1.29 is 0 Å². The van der Waals surface area contributed by atoms with E-state index >= 15 is 0 Å². The minimum Gasteiger partial charge on any atom is -0.0991 e. The highest BCUT2D eigenvalue weighted by Crippen LogP contribution is 2.36. The minimum atomic E-state index is 0.0372. The van der Waals surface area contributed by atoms with Crippen molar-refractivity contribution in [1.29, 1.82) is 0 Å². The fourth-order valence-corrected chi connectivity index (χ4v) is 1.85. The maximum atomic E-state index is 3.71. The molecular formula is C16H24. The van der Waals surface area contributed by atoms with Crippen LogP contribution in [0.5, 0.6) is 0 Å². The van der Waals surface area contributed by atoms with Crippen LogP contribution in [0.2, 0.25) is 0 Å². The molecule has 0 aliphatic rings. The van der Waals surface area contributed by atoms with Crippen LogP contribution in [0.3, 0.4) is 0 Å². The van der Waals surface area contributed by atoms with Gasteiger partial charge in [0.2, 0.25) is 0 Å². The summed E-state index contributed by atoms with van der Waals surface area (Å²) in [5.41, 5.74) is 2.67. The van der Waals surface area contributed by atoms with Crippen LogP contribution < -0.4 is 0 Å². The van der Waals surface area contributed by atoms with Crippen molar-refractivity contribution >= 4 is 0 Å². The highest BCUT2D eigenvalue weighted by atomic mass is 14.3. The molecule has 0 aromatic carbocycles. The zero-order chi connectivity index (χ0) is 12.6. The van der Waals surface area contributed by atoms with Gasteiger partial charge in [0.15, 0.2) is 0 Å². The van der Waals surface area contributed by atoms with Crippen LogP contribution in [0.15, 0.2) is 60.3 Å². The van der Waals surface area contributed by atoms with Gasteiger partial charge in [-0.2, -0.15) is 0 Å². The summed E-state index contributed by atoms with van der Waals surface area (Å²) >= 11 is 0. The van der Waals surface area contributed by atoms with Gasteiger partial charge in [0, 0.05) is 5.41 Å². The van der Waals surface area contributed by atoms with Gasteiger partial charge >= 0.3 is 0 Å². The molecule has 0 radical (unpaired) electrons. The van der Waals surface area contributed by atoms with E-state index in [-0.39, 0.29) is 5.41 Å². The van der Waals surface area contributed by atoms with Crippen LogP contribution in [-0.2, 0) is 0 Å². The van der Waals surface area contributed by atoms with Crippen molar-refractivity contribution in [2.24, 2.45) is 5.41 Å². The van der Waals surface area contributed by atoms with Gasteiger partial charge in [-0.15, -0.1) is 0 Å². The Hall–Kier alpha value is -1.30. The van der Waals surface area contributed by atoms with Crippen LogP contribution in [0, 0.1) is 5.41 Å². The van der Waals surface area contributed by atoms with Crippen molar-refractivity contribution in [3.8, 4) is 0 Å². The molecule has 0 aromatic heterocycles. The molecule has 0 amide bonds. The number of allylic oxidation sites excluding steroid dienone is 9. The first kappa shape index (κ1) is 14.7. The molecular weight excluding hydrogens is 192 g/mol. The Morgan fingerprint density at radius 3 is 1.81 bits per heavy atom. The van der Waals surface area contributed by atoms with E-state index in [1.165, 1.54) is 11.1 Å². The quantitative estimate of drug-likeness (QED) is 0.552. The summed E-state index contributed by atoms with van der Waals surface area (Å²) in [4.78, 5) is 0. The molecule has 0 N–H and O–H groups in total. The third-order valence-electron chi connectivity index (χ3n) is 2.82. The van der Waals surface area contributed by atoms with Gasteiger partial charge < -0.3 is 0 Å². The van der Waals surface area contributed by atoms with E-state index < -0.39 is 0 Å². The zero-order valence-corrected chi connectivity index (χ0v) is 11.2. The van der Waals surface area contributed by atoms with Crippen molar-refractivity contribution in [3.63, 3.8) is 0 Å². The van der Waals surface area contributed by atoms with Gasteiger partial charge in [0.05, 0.1) is 0 Å². The van der Waals surface area contributed by atoms with Gasteiger partial charge in [-0.25, -0.2) is 0 Å². The zero-order valence-electron chi connectivity index (χ0n) is 11.2. The fraction of sp³-hybridized carbons (Fsp3) is 0.375. The second-order valence-corrected chi connectivity index (χ2v) is 4.21. The fourth-order valence-electron chi connectivity index (χ4n) is 1.85. The predicted molar refractivity (Wildman–Crippen MR) is 75.4 cm³/mol. The predicted octanol–water partition coefficient (Wildman–Crippen LogP) is 5.22. The molecule has 0 saturated carbocycles. The van der Waals surface area contributed by atoms with Crippen LogP contribution in [-0.4, -0.2) is 0 Å². The molecule has 0 unspecified atom stereocenters. The Morgan fingerprint density at radius 1 is 0.938 bits per heavy atom. The molecule has 0 heterocycles. The molecule has 0 bridgehead atoms. The van der Waals surface area contributed by atoms with Crippen LogP contribution >= 0.6 is 0 Å². The normalized spacial score (nSPS) is 15.1.